The van der Waals surface area contributed by atoms with Crippen LogP contribution < -0.4 is 5.32 Å². The van der Waals surface area contributed by atoms with Gasteiger partial charge >= 0.3 is 0 Å². The molecule has 64 valence electrons. The summed E-state index contributed by atoms with van der Waals surface area (Å²) in [5.74, 6) is 0.100. The van der Waals surface area contributed by atoms with E-state index in [0.29, 0.717) is 0 Å². The van der Waals surface area contributed by atoms with Crippen LogP contribution in [-0.2, 0) is 0 Å². The van der Waals surface area contributed by atoms with E-state index in [2.05, 4.69) is 5.32 Å². The highest BCUT2D eigenvalue weighted by Gasteiger charge is 2.06. The summed E-state index contributed by atoms with van der Waals surface area (Å²) in [6, 6.07) is 5.71. The first-order valence-electron chi connectivity index (χ1n) is 3.95. The first-order valence-corrected chi connectivity index (χ1v) is 3.95. The predicted molar refractivity (Wildman–Crippen MR) is 50.7 cm³/mol. The van der Waals surface area contributed by atoms with Gasteiger partial charge in [0.05, 0.1) is 0 Å². The predicted octanol–water partition coefficient (Wildman–Crippen LogP) is 2.24. The monoisotopic (exact) mass is 163 g/mol. The summed E-state index contributed by atoms with van der Waals surface area (Å²) in [5, 5.41) is 3.02. The number of para-hydroxylation sites is 1. The lowest BCUT2D eigenvalue weighted by atomic mass is 10.1. The Bertz CT molecular complexity index is 305. The van der Waals surface area contributed by atoms with E-state index in [0.717, 1.165) is 16.8 Å². The minimum absolute atomic E-state index is 0.100. The maximum Gasteiger partial charge on any atom is 0.161 e. The third-order valence-electron chi connectivity index (χ3n) is 1.90. The van der Waals surface area contributed by atoms with Crippen molar-refractivity contribution < 1.29 is 4.79 Å². The average Bonchev–Trinajstić information content (AvgIpc) is 2.03. The van der Waals surface area contributed by atoms with Crippen molar-refractivity contribution in [3.05, 3.63) is 29.3 Å². The van der Waals surface area contributed by atoms with Crippen LogP contribution in [0.15, 0.2) is 18.2 Å². The Labute approximate surface area is 72.6 Å². The molecule has 0 radical (unpaired) electrons. The summed E-state index contributed by atoms with van der Waals surface area (Å²) in [6.45, 7) is 3.56. The van der Waals surface area contributed by atoms with Gasteiger partial charge in [-0.05, 0) is 25.5 Å². The first-order chi connectivity index (χ1) is 5.66. The lowest BCUT2D eigenvalue weighted by Gasteiger charge is -2.08. The van der Waals surface area contributed by atoms with E-state index in [4.69, 9.17) is 0 Å². The smallest absolute Gasteiger partial charge is 0.161 e. The number of hydrogen-bond donors (Lipinski definition) is 1. The second-order valence-electron chi connectivity index (χ2n) is 2.80. The number of ketones is 1. The molecule has 2 heteroatoms. The summed E-state index contributed by atoms with van der Waals surface area (Å²) in [4.78, 5) is 11.1. The SMILES string of the molecule is CNc1c(C)cccc1C(C)=O. The summed E-state index contributed by atoms with van der Waals surface area (Å²) >= 11 is 0. The van der Waals surface area contributed by atoms with Crippen molar-refractivity contribution in [3.63, 3.8) is 0 Å². The van der Waals surface area contributed by atoms with Crippen molar-refractivity contribution in [1.29, 1.82) is 0 Å². The summed E-state index contributed by atoms with van der Waals surface area (Å²) in [5.41, 5.74) is 2.80. The fourth-order valence-corrected chi connectivity index (χ4v) is 1.29. The minimum atomic E-state index is 0.100. The lowest BCUT2D eigenvalue weighted by molar-refractivity contribution is 0.101. The number of rotatable bonds is 2. The Morgan fingerprint density at radius 2 is 2.08 bits per heavy atom. The van der Waals surface area contributed by atoms with Gasteiger partial charge in [-0.3, -0.25) is 4.79 Å². The highest BCUT2D eigenvalue weighted by atomic mass is 16.1. The van der Waals surface area contributed by atoms with Crippen LogP contribution in [0.4, 0.5) is 5.69 Å². The van der Waals surface area contributed by atoms with Gasteiger partial charge in [0.25, 0.3) is 0 Å². The molecule has 1 N–H and O–H groups in total. The van der Waals surface area contributed by atoms with Gasteiger partial charge in [0.2, 0.25) is 0 Å². The highest BCUT2D eigenvalue weighted by Crippen LogP contribution is 2.19. The molecule has 2 nitrogen and oxygen atoms in total. The molecule has 0 amide bonds. The molecule has 1 aromatic rings. The van der Waals surface area contributed by atoms with Gasteiger partial charge in [0.1, 0.15) is 0 Å². The van der Waals surface area contributed by atoms with Crippen molar-refractivity contribution >= 4 is 11.5 Å². The maximum atomic E-state index is 11.1. The van der Waals surface area contributed by atoms with Crippen molar-refractivity contribution in [1.82, 2.24) is 0 Å². The average molecular weight is 163 g/mol. The minimum Gasteiger partial charge on any atom is -0.387 e. The number of anilines is 1. The number of nitrogens with one attached hydrogen (secondary N) is 1. The molecule has 0 aliphatic carbocycles. The van der Waals surface area contributed by atoms with Crippen molar-refractivity contribution in [3.8, 4) is 0 Å². The number of carbonyl (C=O) groups is 1. The zero-order chi connectivity index (χ0) is 9.14. The zero-order valence-electron chi connectivity index (χ0n) is 7.64. The third kappa shape index (κ3) is 1.47. The molecule has 0 spiro atoms. The molecule has 1 aromatic carbocycles. The van der Waals surface area contributed by atoms with E-state index in [1.807, 2.05) is 32.2 Å². The lowest BCUT2D eigenvalue weighted by Crippen LogP contribution is -2.01. The largest absolute Gasteiger partial charge is 0.387 e. The molecule has 0 aliphatic rings. The number of benzene rings is 1. The molecule has 12 heavy (non-hydrogen) atoms. The molecule has 0 aliphatic heterocycles. The van der Waals surface area contributed by atoms with Gasteiger partial charge in [-0.1, -0.05) is 12.1 Å². The van der Waals surface area contributed by atoms with E-state index in [-0.39, 0.29) is 5.78 Å². The first kappa shape index (κ1) is 8.78. The maximum absolute atomic E-state index is 11.1. The van der Waals surface area contributed by atoms with Gasteiger partial charge in [-0.15, -0.1) is 0 Å². The van der Waals surface area contributed by atoms with Crippen molar-refractivity contribution in [2.45, 2.75) is 13.8 Å². The van der Waals surface area contributed by atoms with Gasteiger partial charge in [0.15, 0.2) is 5.78 Å². The molecular formula is C10H13NO. The summed E-state index contributed by atoms with van der Waals surface area (Å²) < 4.78 is 0. The van der Waals surface area contributed by atoms with Crippen LogP contribution >= 0.6 is 0 Å². The second kappa shape index (κ2) is 3.39. The van der Waals surface area contributed by atoms with Crippen LogP contribution in [0, 0.1) is 6.92 Å². The van der Waals surface area contributed by atoms with Gasteiger partial charge in [0, 0.05) is 18.3 Å². The molecule has 0 bridgehead atoms. The van der Waals surface area contributed by atoms with E-state index in [1.165, 1.54) is 0 Å². The van der Waals surface area contributed by atoms with Crippen LogP contribution in [0.2, 0.25) is 0 Å². The molecule has 0 aromatic heterocycles. The zero-order valence-corrected chi connectivity index (χ0v) is 7.64. The fourth-order valence-electron chi connectivity index (χ4n) is 1.29. The Morgan fingerprint density at radius 3 is 2.50 bits per heavy atom. The van der Waals surface area contributed by atoms with E-state index in [1.54, 1.807) is 6.92 Å². The molecular weight excluding hydrogens is 150 g/mol. The Kier molecular flexibility index (Phi) is 2.48. The molecule has 1 rings (SSSR count). The van der Waals surface area contributed by atoms with Crippen LogP contribution in [0.1, 0.15) is 22.8 Å². The number of Topliss-reactive ketones (excluding diaryl/α,β-unsaturated/α-hetero) is 1. The normalized spacial score (nSPS) is 9.58. The van der Waals surface area contributed by atoms with E-state index in [9.17, 15) is 4.79 Å². The topological polar surface area (TPSA) is 29.1 Å². The Morgan fingerprint density at radius 1 is 1.42 bits per heavy atom. The van der Waals surface area contributed by atoms with Crippen LogP contribution in [0.3, 0.4) is 0 Å². The number of aryl methyl sites for hydroxylation is 1. The van der Waals surface area contributed by atoms with Crippen LogP contribution in [-0.4, -0.2) is 12.8 Å². The van der Waals surface area contributed by atoms with Crippen LogP contribution in [0.5, 0.6) is 0 Å². The van der Waals surface area contributed by atoms with Gasteiger partial charge < -0.3 is 5.32 Å². The number of carbonyl (C=O) groups excluding carboxylic acids is 1. The standard InChI is InChI=1S/C10H13NO/c1-7-5-4-6-9(8(2)12)10(7)11-3/h4-6,11H,1-3H3. The highest BCUT2D eigenvalue weighted by molar-refractivity contribution is 6.00. The van der Waals surface area contributed by atoms with Gasteiger partial charge in [-0.2, -0.15) is 0 Å². The fraction of sp³-hybridized carbons (Fsp3) is 0.300. The second-order valence-corrected chi connectivity index (χ2v) is 2.80. The van der Waals surface area contributed by atoms with Gasteiger partial charge in [-0.25, -0.2) is 0 Å². The molecule has 0 atom stereocenters. The summed E-state index contributed by atoms with van der Waals surface area (Å²) in [6.07, 6.45) is 0. The Balaban J connectivity index is 3.27. The van der Waals surface area contributed by atoms with Crippen LogP contribution in [0.25, 0.3) is 0 Å². The Hall–Kier alpha value is -1.31. The molecule has 0 saturated carbocycles. The number of hydrogen-bond acceptors (Lipinski definition) is 2. The van der Waals surface area contributed by atoms with E-state index >= 15 is 0 Å². The van der Waals surface area contributed by atoms with Crippen molar-refractivity contribution in [2.75, 3.05) is 12.4 Å². The molecule has 0 unspecified atom stereocenters. The van der Waals surface area contributed by atoms with Crippen molar-refractivity contribution in [2.24, 2.45) is 0 Å². The summed E-state index contributed by atoms with van der Waals surface area (Å²) in [7, 11) is 1.83. The molecule has 0 saturated heterocycles. The van der Waals surface area contributed by atoms with E-state index < -0.39 is 0 Å². The molecule has 0 heterocycles. The third-order valence-corrected chi connectivity index (χ3v) is 1.90. The molecule has 0 fully saturated rings. The quantitative estimate of drug-likeness (QED) is 0.677.